The second kappa shape index (κ2) is 6.77. The second-order valence-corrected chi connectivity index (χ2v) is 4.92. The van der Waals surface area contributed by atoms with Crippen molar-refractivity contribution in [2.75, 3.05) is 13.2 Å². The molecule has 1 aromatic rings. The maximum Gasteiger partial charge on any atom is 0.0431 e. The Balaban J connectivity index is 1.69. The number of nitrogens with one attached hydrogen (secondary N) is 1. The number of aliphatic hydroxyl groups excluding tert-OH is 1. The minimum Gasteiger partial charge on any atom is -0.396 e. The third-order valence-corrected chi connectivity index (χ3v) is 3.50. The lowest BCUT2D eigenvalue weighted by molar-refractivity contribution is 0.283. The normalized spacial score (nSPS) is 13.9. The SMILES string of the molecule is OCCCCCNCc1ccc2c(c1)CCC2. The zero-order valence-electron chi connectivity index (χ0n) is 10.5. The Kier molecular flexibility index (Phi) is 5.02. The number of benzene rings is 1. The van der Waals surface area contributed by atoms with Gasteiger partial charge >= 0.3 is 0 Å². The minimum absolute atomic E-state index is 0.324. The molecular weight excluding hydrogens is 210 g/mol. The lowest BCUT2D eigenvalue weighted by atomic mass is 10.1. The lowest BCUT2D eigenvalue weighted by Crippen LogP contribution is -2.14. The summed E-state index contributed by atoms with van der Waals surface area (Å²) in [6.07, 6.45) is 7.07. The third kappa shape index (κ3) is 3.83. The molecule has 17 heavy (non-hydrogen) atoms. The van der Waals surface area contributed by atoms with E-state index in [0.29, 0.717) is 6.61 Å². The Morgan fingerprint density at radius 2 is 1.94 bits per heavy atom. The van der Waals surface area contributed by atoms with E-state index in [1.807, 2.05) is 0 Å². The van der Waals surface area contributed by atoms with Gasteiger partial charge in [0.1, 0.15) is 0 Å². The van der Waals surface area contributed by atoms with E-state index < -0.39 is 0 Å². The van der Waals surface area contributed by atoms with Gasteiger partial charge in [0.15, 0.2) is 0 Å². The predicted octanol–water partition coefficient (Wildman–Crippen LogP) is 2.43. The quantitative estimate of drug-likeness (QED) is 0.709. The van der Waals surface area contributed by atoms with Gasteiger partial charge in [-0.15, -0.1) is 0 Å². The Bertz CT molecular complexity index is 349. The molecule has 0 bridgehead atoms. The summed E-state index contributed by atoms with van der Waals surface area (Å²) in [5.74, 6) is 0. The first-order valence-corrected chi connectivity index (χ1v) is 6.82. The lowest BCUT2D eigenvalue weighted by Gasteiger charge is -2.07. The molecule has 0 unspecified atom stereocenters. The van der Waals surface area contributed by atoms with E-state index in [2.05, 4.69) is 23.5 Å². The van der Waals surface area contributed by atoms with E-state index in [9.17, 15) is 0 Å². The van der Waals surface area contributed by atoms with Crippen molar-refractivity contribution in [1.82, 2.24) is 5.32 Å². The molecule has 1 aliphatic rings. The fraction of sp³-hybridized carbons (Fsp3) is 0.600. The van der Waals surface area contributed by atoms with Gasteiger partial charge in [-0.05, 0) is 61.8 Å². The van der Waals surface area contributed by atoms with Crippen LogP contribution in [0, 0.1) is 0 Å². The summed E-state index contributed by atoms with van der Waals surface area (Å²) >= 11 is 0. The standard InChI is InChI=1S/C15H23NO/c17-10-3-1-2-9-16-12-13-7-8-14-5-4-6-15(14)11-13/h7-8,11,16-17H,1-6,9-10,12H2. The number of rotatable bonds is 7. The van der Waals surface area contributed by atoms with Crippen LogP contribution in [0.4, 0.5) is 0 Å². The summed E-state index contributed by atoms with van der Waals surface area (Å²) in [5.41, 5.74) is 4.52. The van der Waals surface area contributed by atoms with E-state index in [-0.39, 0.29) is 0 Å². The second-order valence-electron chi connectivity index (χ2n) is 4.92. The monoisotopic (exact) mass is 233 g/mol. The number of hydrogen-bond donors (Lipinski definition) is 2. The summed E-state index contributed by atoms with van der Waals surface area (Å²) in [5, 5.41) is 12.1. The molecule has 2 nitrogen and oxygen atoms in total. The molecule has 2 rings (SSSR count). The van der Waals surface area contributed by atoms with Gasteiger partial charge in [-0.2, -0.15) is 0 Å². The number of aryl methyl sites for hydroxylation is 2. The van der Waals surface area contributed by atoms with Crippen LogP contribution in [0.1, 0.15) is 42.4 Å². The number of aliphatic hydroxyl groups is 1. The first-order valence-electron chi connectivity index (χ1n) is 6.82. The Hall–Kier alpha value is -0.860. The molecule has 0 spiro atoms. The van der Waals surface area contributed by atoms with Crippen LogP contribution in [0.2, 0.25) is 0 Å². The largest absolute Gasteiger partial charge is 0.396 e. The summed E-state index contributed by atoms with van der Waals surface area (Å²) in [7, 11) is 0. The molecule has 1 aromatic carbocycles. The Labute approximate surface area is 104 Å². The molecule has 0 fully saturated rings. The molecule has 0 atom stereocenters. The average molecular weight is 233 g/mol. The van der Waals surface area contributed by atoms with Gasteiger partial charge in [0.2, 0.25) is 0 Å². The minimum atomic E-state index is 0.324. The van der Waals surface area contributed by atoms with Crippen LogP contribution >= 0.6 is 0 Å². The predicted molar refractivity (Wildman–Crippen MR) is 71.1 cm³/mol. The van der Waals surface area contributed by atoms with Crippen LogP contribution in [0.3, 0.4) is 0 Å². The zero-order chi connectivity index (χ0) is 11.9. The van der Waals surface area contributed by atoms with Crippen LogP contribution in [0.25, 0.3) is 0 Å². The van der Waals surface area contributed by atoms with E-state index in [4.69, 9.17) is 5.11 Å². The summed E-state index contributed by atoms with van der Waals surface area (Å²) in [6.45, 7) is 2.36. The summed E-state index contributed by atoms with van der Waals surface area (Å²) in [6, 6.07) is 6.92. The van der Waals surface area contributed by atoms with Crippen molar-refractivity contribution in [3.8, 4) is 0 Å². The van der Waals surface area contributed by atoms with Gasteiger partial charge < -0.3 is 10.4 Å². The van der Waals surface area contributed by atoms with Crippen molar-refractivity contribution in [1.29, 1.82) is 0 Å². The molecule has 0 aliphatic heterocycles. The fourth-order valence-corrected chi connectivity index (χ4v) is 2.51. The molecule has 0 saturated carbocycles. The van der Waals surface area contributed by atoms with Crippen molar-refractivity contribution in [3.63, 3.8) is 0 Å². The Morgan fingerprint density at radius 1 is 1.06 bits per heavy atom. The number of fused-ring (bicyclic) bond motifs is 1. The third-order valence-electron chi connectivity index (χ3n) is 3.50. The summed E-state index contributed by atoms with van der Waals surface area (Å²) < 4.78 is 0. The average Bonchev–Trinajstić information content (AvgIpc) is 2.81. The van der Waals surface area contributed by atoms with Gasteiger partial charge in [0.05, 0.1) is 0 Å². The van der Waals surface area contributed by atoms with E-state index in [1.165, 1.54) is 24.8 Å². The van der Waals surface area contributed by atoms with Crippen LogP contribution in [-0.4, -0.2) is 18.3 Å². The smallest absolute Gasteiger partial charge is 0.0431 e. The Morgan fingerprint density at radius 3 is 2.82 bits per heavy atom. The molecule has 2 heteroatoms. The van der Waals surface area contributed by atoms with E-state index >= 15 is 0 Å². The molecule has 1 aliphatic carbocycles. The van der Waals surface area contributed by atoms with Gasteiger partial charge in [-0.25, -0.2) is 0 Å². The van der Waals surface area contributed by atoms with Crippen molar-refractivity contribution in [2.24, 2.45) is 0 Å². The first kappa shape index (κ1) is 12.6. The van der Waals surface area contributed by atoms with Gasteiger partial charge in [0, 0.05) is 13.2 Å². The molecule has 0 amide bonds. The van der Waals surface area contributed by atoms with E-state index in [0.717, 1.165) is 32.4 Å². The highest BCUT2D eigenvalue weighted by Gasteiger charge is 2.10. The van der Waals surface area contributed by atoms with Crippen LogP contribution in [-0.2, 0) is 19.4 Å². The van der Waals surface area contributed by atoms with Crippen molar-refractivity contribution >= 4 is 0 Å². The number of unbranched alkanes of at least 4 members (excludes halogenated alkanes) is 2. The molecule has 0 saturated heterocycles. The maximum atomic E-state index is 8.67. The molecule has 0 heterocycles. The molecule has 0 radical (unpaired) electrons. The van der Waals surface area contributed by atoms with E-state index in [1.54, 1.807) is 11.1 Å². The zero-order valence-corrected chi connectivity index (χ0v) is 10.5. The van der Waals surface area contributed by atoms with Gasteiger partial charge in [-0.3, -0.25) is 0 Å². The highest BCUT2D eigenvalue weighted by molar-refractivity contribution is 5.35. The first-order chi connectivity index (χ1) is 8.40. The highest BCUT2D eigenvalue weighted by Crippen LogP contribution is 2.22. The van der Waals surface area contributed by atoms with Crippen molar-refractivity contribution < 1.29 is 5.11 Å². The highest BCUT2D eigenvalue weighted by atomic mass is 16.2. The maximum absolute atomic E-state index is 8.67. The number of hydrogen-bond acceptors (Lipinski definition) is 2. The molecule has 94 valence electrons. The molecular formula is C15H23NO. The topological polar surface area (TPSA) is 32.3 Å². The van der Waals surface area contributed by atoms with Crippen molar-refractivity contribution in [2.45, 2.75) is 45.1 Å². The van der Waals surface area contributed by atoms with Crippen molar-refractivity contribution in [3.05, 3.63) is 34.9 Å². The fourth-order valence-electron chi connectivity index (χ4n) is 2.51. The van der Waals surface area contributed by atoms with Gasteiger partial charge in [0.25, 0.3) is 0 Å². The summed E-state index contributed by atoms with van der Waals surface area (Å²) in [4.78, 5) is 0. The van der Waals surface area contributed by atoms with Gasteiger partial charge in [-0.1, -0.05) is 18.2 Å². The van der Waals surface area contributed by atoms with Crippen LogP contribution in [0.5, 0.6) is 0 Å². The molecule has 2 N–H and O–H groups in total. The van der Waals surface area contributed by atoms with Crippen LogP contribution in [0.15, 0.2) is 18.2 Å². The molecule has 0 aromatic heterocycles. The van der Waals surface area contributed by atoms with Crippen LogP contribution < -0.4 is 5.32 Å².